The lowest BCUT2D eigenvalue weighted by atomic mass is 10.0. The first-order valence-electron chi connectivity index (χ1n) is 8.22. The number of benzene rings is 1. The number of rotatable bonds is 3. The third-order valence-electron chi connectivity index (χ3n) is 4.58. The topological polar surface area (TPSA) is 37.6 Å². The maximum absolute atomic E-state index is 12.7. The third kappa shape index (κ3) is 3.77. The van der Waals surface area contributed by atoms with Crippen LogP contribution in [-0.2, 0) is 6.54 Å². The zero-order valence-corrected chi connectivity index (χ0v) is 13.9. The van der Waals surface area contributed by atoms with Gasteiger partial charge in [-0.2, -0.15) is 0 Å². The van der Waals surface area contributed by atoms with Crippen molar-refractivity contribution in [1.82, 2.24) is 9.88 Å². The lowest BCUT2D eigenvalue weighted by molar-refractivity contribution is -0.917. The van der Waals surface area contributed by atoms with Crippen LogP contribution in [0.1, 0.15) is 27.0 Å². The first kappa shape index (κ1) is 15.7. The van der Waals surface area contributed by atoms with Crippen molar-refractivity contribution in [1.29, 1.82) is 0 Å². The molecule has 2 heterocycles. The Morgan fingerprint density at radius 2 is 1.83 bits per heavy atom. The van der Waals surface area contributed by atoms with Crippen LogP contribution in [0.5, 0.6) is 0 Å². The summed E-state index contributed by atoms with van der Waals surface area (Å²) in [5.74, 6) is 0.175. The van der Waals surface area contributed by atoms with Crippen molar-refractivity contribution in [3.8, 4) is 0 Å². The Kier molecular flexibility index (Phi) is 4.72. The Bertz CT molecular complexity index is 676. The minimum atomic E-state index is 0.175. The van der Waals surface area contributed by atoms with Crippen LogP contribution in [0.3, 0.4) is 0 Å². The van der Waals surface area contributed by atoms with Crippen LogP contribution >= 0.6 is 0 Å². The Labute approximate surface area is 137 Å². The maximum Gasteiger partial charge on any atom is 0.254 e. The van der Waals surface area contributed by atoms with Crippen molar-refractivity contribution in [3.63, 3.8) is 0 Å². The summed E-state index contributed by atoms with van der Waals surface area (Å²) >= 11 is 0. The maximum atomic E-state index is 12.7. The van der Waals surface area contributed by atoms with E-state index in [0.29, 0.717) is 0 Å². The molecule has 0 atom stereocenters. The second-order valence-corrected chi connectivity index (χ2v) is 6.39. The molecule has 0 unspecified atom stereocenters. The molecule has 0 saturated carbocycles. The van der Waals surface area contributed by atoms with Crippen molar-refractivity contribution in [3.05, 3.63) is 65.0 Å². The molecule has 23 heavy (non-hydrogen) atoms. The molecule has 1 aliphatic rings. The van der Waals surface area contributed by atoms with E-state index in [9.17, 15) is 4.79 Å². The number of nitrogens with zero attached hydrogens (tertiary/aromatic N) is 2. The van der Waals surface area contributed by atoms with E-state index in [1.807, 2.05) is 43.3 Å². The predicted octanol–water partition coefficient (Wildman–Crippen LogP) is 1.24. The highest BCUT2D eigenvalue weighted by Gasteiger charge is 2.25. The van der Waals surface area contributed by atoms with Crippen LogP contribution in [0.25, 0.3) is 0 Å². The Morgan fingerprint density at radius 3 is 2.52 bits per heavy atom. The lowest BCUT2D eigenvalue weighted by Gasteiger charge is -2.32. The molecular weight excluding hydrogens is 286 g/mol. The van der Waals surface area contributed by atoms with Gasteiger partial charge in [0.25, 0.3) is 5.91 Å². The second kappa shape index (κ2) is 6.92. The largest absolute Gasteiger partial charge is 0.328 e. The molecule has 0 spiro atoms. The molecule has 0 radical (unpaired) electrons. The predicted molar refractivity (Wildman–Crippen MR) is 90.5 cm³/mol. The Hall–Kier alpha value is -2.20. The first-order chi connectivity index (χ1) is 11.1. The Morgan fingerprint density at radius 1 is 1.13 bits per heavy atom. The van der Waals surface area contributed by atoms with Gasteiger partial charge in [-0.1, -0.05) is 17.7 Å². The smallest absolute Gasteiger partial charge is 0.254 e. The van der Waals surface area contributed by atoms with Crippen LogP contribution in [-0.4, -0.2) is 42.0 Å². The van der Waals surface area contributed by atoms with E-state index in [2.05, 4.69) is 23.2 Å². The van der Waals surface area contributed by atoms with Crippen LogP contribution in [0, 0.1) is 13.8 Å². The highest BCUT2D eigenvalue weighted by atomic mass is 16.2. The number of hydrogen-bond acceptors (Lipinski definition) is 2. The number of pyridine rings is 1. The minimum absolute atomic E-state index is 0.175. The molecule has 1 aromatic carbocycles. The monoisotopic (exact) mass is 310 g/mol. The first-order valence-corrected chi connectivity index (χ1v) is 8.22. The van der Waals surface area contributed by atoms with Crippen LogP contribution in [0.15, 0.2) is 42.7 Å². The summed E-state index contributed by atoms with van der Waals surface area (Å²) in [7, 11) is 0. The number of aromatic nitrogens is 1. The van der Waals surface area contributed by atoms with Crippen LogP contribution in [0.2, 0.25) is 0 Å². The fourth-order valence-corrected chi connectivity index (χ4v) is 3.13. The van der Waals surface area contributed by atoms with Gasteiger partial charge in [0.15, 0.2) is 0 Å². The number of carbonyl (C=O) groups excluding carboxylic acids is 1. The minimum Gasteiger partial charge on any atom is -0.328 e. The summed E-state index contributed by atoms with van der Waals surface area (Å²) in [4.78, 5) is 20.3. The Balaban J connectivity index is 1.60. The molecule has 4 nitrogen and oxygen atoms in total. The fourth-order valence-electron chi connectivity index (χ4n) is 3.13. The molecule has 1 fully saturated rings. The van der Waals surface area contributed by atoms with Crippen molar-refractivity contribution < 1.29 is 9.69 Å². The summed E-state index contributed by atoms with van der Waals surface area (Å²) in [5.41, 5.74) is 4.36. The van der Waals surface area contributed by atoms with E-state index >= 15 is 0 Å². The average molecular weight is 310 g/mol. The van der Waals surface area contributed by atoms with E-state index in [1.165, 1.54) is 10.5 Å². The van der Waals surface area contributed by atoms with Gasteiger partial charge in [-0.25, -0.2) is 0 Å². The molecule has 1 aromatic heterocycles. The lowest BCUT2D eigenvalue weighted by Crippen LogP contribution is -3.13. The molecule has 4 heteroatoms. The van der Waals surface area contributed by atoms with Gasteiger partial charge >= 0.3 is 0 Å². The highest BCUT2D eigenvalue weighted by Crippen LogP contribution is 2.13. The molecule has 1 aliphatic heterocycles. The molecule has 3 rings (SSSR count). The van der Waals surface area contributed by atoms with E-state index < -0.39 is 0 Å². The summed E-state index contributed by atoms with van der Waals surface area (Å²) in [5, 5.41) is 0. The molecular formula is C19H24N3O+. The third-order valence-corrected chi connectivity index (χ3v) is 4.58. The normalized spacial score (nSPS) is 15.7. The number of amides is 1. The standard InChI is InChI=1S/C19H23N3O/c1-15-3-4-16(2)18(13-15)19(23)22-11-9-21(10-12-22)14-17-5-7-20-8-6-17/h3-8,13H,9-12,14H2,1-2H3/p+1. The SMILES string of the molecule is Cc1ccc(C)c(C(=O)N2CC[NH+](Cc3ccncc3)CC2)c1. The van der Waals surface area contributed by atoms with E-state index in [-0.39, 0.29) is 5.91 Å². The number of nitrogens with one attached hydrogen (secondary N) is 1. The zero-order chi connectivity index (χ0) is 16.2. The van der Waals surface area contributed by atoms with Gasteiger partial charge in [-0.3, -0.25) is 9.78 Å². The van der Waals surface area contributed by atoms with E-state index in [1.54, 1.807) is 0 Å². The van der Waals surface area contributed by atoms with Gasteiger partial charge in [0.1, 0.15) is 6.54 Å². The quantitative estimate of drug-likeness (QED) is 0.926. The van der Waals surface area contributed by atoms with Crippen molar-refractivity contribution in [2.45, 2.75) is 20.4 Å². The summed E-state index contributed by atoms with van der Waals surface area (Å²) in [6.07, 6.45) is 3.68. The van der Waals surface area contributed by atoms with E-state index in [4.69, 9.17) is 0 Å². The van der Waals surface area contributed by atoms with Gasteiger partial charge in [0.05, 0.1) is 26.2 Å². The van der Waals surface area contributed by atoms with Crippen molar-refractivity contribution in [2.75, 3.05) is 26.2 Å². The van der Waals surface area contributed by atoms with Gasteiger partial charge in [-0.05, 0) is 37.6 Å². The number of hydrogen-bond donors (Lipinski definition) is 1. The zero-order valence-electron chi connectivity index (χ0n) is 13.9. The molecule has 120 valence electrons. The molecule has 2 aromatic rings. The van der Waals surface area contributed by atoms with Crippen LogP contribution in [0.4, 0.5) is 0 Å². The number of quaternary nitrogens is 1. The summed E-state index contributed by atoms with van der Waals surface area (Å²) < 4.78 is 0. The van der Waals surface area contributed by atoms with Gasteiger partial charge < -0.3 is 9.80 Å². The van der Waals surface area contributed by atoms with Gasteiger partial charge in [-0.15, -0.1) is 0 Å². The highest BCUT2D eigenvalue weighted by molar-refractivity contribution is 5.95. The molecule has 0 bridgehead atoms. The number of piperazine rings is 1. The second-order valence-electron chi connectivity index (χ2n) is 6.39. The summed E-state index contributed by atoms with van der Waals surface area (Å²) in [6.45, 7) is 8.70. The number of carbonyl (C=O) groups is 1. The van der Waals surface area contributed by atoms with Crippen molar-refractivity contribution in [2.24, 2.45) is 0 Å². The number of aryl methyl sites for hydroxylation is 2. The molecule has 1 N–H and O–H groups in total. The molecule has 1 amide bonds. The molecule has 0 aliphatic carbocycles. The summed E-state index contributed by atoms with van der Waals surface area (Å²) in [6, 6.07) is 10.2. The van der Waals surface area contributed by atoms with Crippen LogP contribution < -0.4 is 4.90 Å². The van der Waals surface area contributed by atoms with E-state index in [0.717, 1.165) is 49.4 Å². The average Bonchev–Trinajstić information content (AvgIpc) is 2.58. The molecule has 1 saturated heterocycles. The van der Waals surface area contributed by atoms with Gasteiger partial charge in [0, 0.05) is 23.5 Å². The van der Waals surface area contributed by atoms with Gasteiger partial charge in [0.2, 0.25) is 0 Å². The fraction of sp³-hybridized carbons (Fsp3) is 0.368. The van der Waals surface area contributed by atoms with Crippen molar-refractivity contribution >= 4 is 5.91 Å².